The zero-order valence-electron chi connectivity index (χ0n) is 13.8. The quantitative estimate of drug-likeness (QED) is 0.708. The van der Waals surface area contributed by atoms with Gasteiger partial charge in [0.05, 0.1) is 16.6 Å². The molecular formula is C18H18N2O5S. The van der Waals surface area contributed by atoms with Gasteiger partial charge in [0, 0.05) is 6.42 Å². The van der Waals surface area contributed by atoms with E-state index in [0.29, 0.717) is 24.0 Å². The van der Waals surface area contributed by atoms with E-state index in [1.807, 2.05) is 0 Å². The lowest BCUT2D eigenvalue weighted by Crippen LogP contribution is -2.41. The Bertz CT molecular complexity index is 941. The van der Waals surface area contributed by atoms with Crippen LogP contribution in [0.25, 0.3) is 11.1 Å². The van der Waals surface area contributed by atoms with Crippen LogP contribution >= 0.6 is 0 Å². The van der Waals surface area contributed by atoms with Gasteiger partial charge in [-0.15, -0.1) is 0 Å². The summed E-state index contributed by atoms with van der Waals surface area (Å²) in [6, 6.07) is 12.7. The lowest BCUT2D eigenvalue weighted by atomic mass is 10.00. The van der Waals surface area contributed by atoms with Gasteiger partial charge in [0.15, 0.2) is 9.84 Å². The predicted molar refractivity (Wildman–Crippen MR) is 95.2 cm³/mol. The molecule has 26 heavy (non-hydrogen) atoms. The second-order valence-corrected chi connectivity index (χ2v) is 7.99. The van der Waals surface area contributed by atoms with Crippen LogP contribution in [0.3, 0.4) is 0 Å². The Morgan fingerprint density at radius 2 is 1.92 bits per heavy atom. The maximum atomic E-state index is 12.6. The van der Waals surface area contributed by atoms with E-state index < -0.39 is 15.8 Å². The number of amides is 1. The molecular weight excluding hydrogens is 356 g/mol. The van der Waals surface area contributed by atoms with E-state index in [1.54, 1.807) is 30.3 Å². The van der Waals surface area contributed by atoms with Crippen molar-refractivity contribution in [1.29, 1.82) is 0 Å². The number of hydrogen-bond acceptors (Lipinski definition) is 5. The van der Waals surface area contributed by atoms with Crippen molar-refractivity contribution in [3.63, 3.8) is 0 Å². The highest BCUT2D eigenvalue weighted by Crippen LogP contribution is 2.27. The molecule has 1 aliphatic heterocycles. The Morgan fingerprint density at radius 3 is 2.54 bits per heavy atom. The Morgan fingerprint density at radius 1 is 1.19 bits per heavy atom. The van der Waals surface area contributed by atoms with Gasteiger partial charge in [-0.05, 0) is 35.7 Å². The van der Waals surface area contributed by atoms with Gasteiger partial charge in [0.2, 0.25) is 5.91 Å². The predicted octanol–water partition coefficient (Wildman–Crippen LogP) is 1.61. The fourth-order valence-corrected chi connectivity index (χ4v) is 3.98. The van der Waals surface area contributed by atoms with E-state index >= 15 is 0 Å². The number of carbonyl (C=O) groups is 2. The van der Waals surface area contributed by atoms with Gasteiger partial charge in [-0.25, -0.2) is 13.2 Å². The molecule has 136 valence electrons. The van der Waals surface area contributed by atoms with Gasteiger partial charge in [-0.1, -0.05) is 30.3 Å². The molecule has 0 aliphatic carbocycles. The van der Waals surface area contributed by atoms with Crippen molar-refractivity contribution in [3.05, 3.63) is 54.1 Å². The van der Waals surface area contributed by atoms with Crippen LogP contribution in [0.2, 0.25) is 0 Å². The Labute approximate surface area is 151 Å². The summed E-state index contributed by atoms with van der Waals surface area (Å²) in [6.07, 6.45) is 0.522. The molecule has 0 unspecified atom stereocenters. The molecule has 1 amide bonds. The van der Waals surface area contributed by atoms with Crippen LogP contribution in [0.4, 0.5) is 0 Å². The molecule has 2 aromatic carbocycles. The zero-order valence-corrected chi connectivity index (χ0v) is 14.6. The SMILES string of the molecule is O=C1CC[C@H](NCS(=O)(=O)c2ccc(C(=O)O)c(-c3ccccc3)c2)N1. The molecule has 3 rings (SSSR count). The highest BCUT2D eigenvalue weighted by atomic mass is 32.2. The molecule has 1 heterocycles. The van der Waals surface area contributed by atoms with Gasteiger partial charge in [0.25, 0.3) is 0 Å². The van der Waals surface area contributed by atoms with Gasteiger partial charge in [-0.3, -0.25) is 10.1 Å². The first kappa shape index (κ1) is 18.1. The number of aromatic carboxylic acids is 1. The van der Waals surface area contributed by atoms with Crippen molar-refractivity contribution in [2.24, 2.45) is 0 Å². The van der Waals surface area contributed by atoms with Crippen LogP contribution < -0.4 is 10.6 Å². The number of carboxylic acids is 1. The van der Waals surface area contributed by atoms with E-state index in [0.717, 1.165) is 0 Å². The maximum absolute atomic E-state index is 12.6. The first-order valence-electron chi connectivity index (χ1n) is 8.05. The molecule has 1 saturated heterocycles. The molecule has 0 radical (unpaired) electrons. The number of rotatable bonds is 6. The van der Waals surface area contributed by atoms with E-state index in [2.05, 4.69) is 10.6 Å². The zero-order chi connectivity index (χ0) is 18.7. The minimum Gasteiger partial charge on any atom is -0.478 e. The van der Waals surface area contributed by atoms with Gasteiger partial charge >= 0.3 is 5.97 Å². The van der Waals surface area contributed by atoms with Crippen molar-refractivity contribution < 1.29 is 23.1 Å². The summed E-state index contributed by atoms with van der Waals surface area (Å²) in [5.41, 5.74) is 0.998. The van der Waals surface area contributed by atoms with Crippen molar-refractivity contribution in [1.82, 2.24) is 10.6 Å². The first-order chi connectivity index (χ1) is 12.4. The molecule has 8 heteroatoms. The average Bonchev–Trinajstić information content (AvgIpc) is 3.05. The summed E-state index contributed by atoms with van der Waals surface area (Å²) in [4.78, 5) is 22.7. The topological polar surface area (TPSA) is 113 Å². The van der Waals surface area contributed by atoms with E-state index in [9.17, 15) is 23.1 Å². The minimum atomic E-state index is -3.69. The summed E-state index contributed by atoms with van der Waals surface area (Å²) in [6.45, 7) is 0. The first-order valence-corrected chi connectivity index (χ1v) is 9.70. The third-order valence-corrected chi connectivity index (χ3v) is 5.70. The molecule has 1 atom stereocenters. The van der Waals surface area contributed by atoms with Gasteiger partial charge in [0.1, 0.15) is 5.88 Å². The number of nitrogens with one attached hydrogen (secondary N) is 2. The molecule has 0 aromatic heterocycles. The second kappa shape index (κ2) is 7.27. The molecule has 0 spiro atoms. The smallest absolute Gasteiger partial charge is 0.336 e. The number of sulfone groups is 1. The number of carboxylic acid groups (broad SMARTS) is 1. The lowest BCUT2D eigenvalue weighted by Gasteiger charge is -2.14. The number of hydrogen-bond donors (Lipinski definition) is 3. The molecule has 7 nitrogen and oxygen atoms in total. The summed E-state index contributed by atoms with van der Waals surface area (Å²) in [5, 5.41) is 14.8. The fraction of sp³-hybridized carbons (Fsp3) is 0.222. The second-order valence-electron chi connectivity index (χ2n) is 6.00. The summed E-state index contributed by atoms with van der Waals surface area (Å²) < 4.78 is 25.2. The fourth-order valence-electron chi connectivity index (χ4n) is 2.82. The number of benzene rings is 2. The van der Waals surface area contributed by atoms with Crippen LogP contribution in [-0.4, -0.2) is 37.4 Å². The van der Waals surface area contributed by atoms with Crippen LogP contribution in [0.1, 0.15) is 23.2 Å². The highest BCUT2D eigenvalue weighted by Gasteiger charge is 2.24. The summed E-state index contributed by atoms with van der Waals surface area (Å²) in [5.74, 6) is -1.59. The third-order valence-electron chi connectivity index (χ3n) is 4.18. The van der Waals surface area contributed by atoms with Crippen LogP contribution in [0.5, 0.6) is 0 Å². The van der Waals surface area contributed by atoms with Crippen molar-refractivity contribution >= 4 is 21.7 Å². The van der Waals surface area contributed by atoms with E-state index in [1.165, 1.54) is 18.2 Å². The molecule has 2 aromatic rings. The summed E-state index contributed by atoms with van der Waals surface area (Å²) >= 11 is 0. The van der Waals surface area contributed by atoms with Crippen molar-refractivity contribution in [2.75, 3.05) is 5.88 Å². The van der Waals surface area contributed by atoms with Crippen LogP contribution in [0, 0.1) is 0 Å². The largest absolute Gasteiger partial charge is 0.478 e. The monoisotopic (exact) mass is 374 g/mol. The van der Waals surface area contributed by atoms with E-state index in [4.69, 9.17) is 0 Å². The van der Waals surface area contributed by atoms with Crippen molar-refractivity contribution in [2.45, 2.75) is 23.9 Å². The van der Waals surface area contributed by atoms with Crippen molar-refractivity contribution in [3.8, 4) is 11.1 Å². The molecule has 3 N–H and O–H groups in total. The Hall–Kier alpha value is -2.71. The third kappa shape index (κ3) is 3.92. The molecule has 1 fully saturated rings. The van der Waals surface area contributed by atoms with Crippen LogP contribution in [-0.2, 0) is 14.6 Å². The molecule has 0 bridgehead atoms. The molecule has 1 aliphatic rings. The number of carbonyl (C=O) groups excluding carboxylic acids is 1. The normalized spacial score (nSPS) is 17.1. The standard InChI is InChI=1S/C18H18N2O5S/c21-17-9-8-16(20-17)19-11-26(24,25)13-6-7-14(18(22)23)15(10-13)12-4-2-1-3-5-12/h1-7,10,16,19H,8-9,11H2,(H,20,21)(H,22,23)/t16-/m1/s1. The Balaban J connectivity index is 1.90. The van der Waals surface area contributed by atoms with Gasteiger partial charge in [-0.2, -0.15) is 0 Å². The van der Waals surface area contributed by atoms with Gasteiger partial charge < -0.3 is 10.4 Å². The van der Waals surface area contributed by atoms with Crippen LogP contribution in [0.15, 0.2) is 53.4 Å². The lowest BCUT2D eigenvalue weighted by molar-refractivity contribution is -0.119. The highest BCUT2D eigenvalue weighted by molar-refractivity contribution is 7.91. The molecule has 0 saturated carbocycles. The minimum absolute atomic E-state index is 0.0261. The average molecular weight is 374 g/mol. The Kier molecular flexibility index (Phi) is 5.06. The summed E-state index contributed by atoms with van der Waals surface area (Å²) in [7, 11) is -3.69. The van der Waals surface area contributed by atoms with E-state index in [-0.39, 0.29) is 28.4 Å². The maximum Gasteiger partial charge on any atom is 0.336 e.